The van der Waals surface area contributed by atoms with Crippen LogP contribution in [-0.4, -0.2) is 25.6 Å². The van der Waals surface area contributed by atoms with Gasteiger partial charge in [0.25, 0.3) is 5.91 Å². The highest BCUT2D eigenvalue weighted by Gasteiger charge is 2.26. The molecule has 2 N–H and O–H groups in total. The maximum Gasteiger partial charge on any atom is 0.319 e. The second kappa shape index (κ2) is 9.14. The number of carbonyl (C=O) groups is 2. The summed E-state index contributed by atoms with van der Waals surface area (Å²) in [6.45, 7) is 4.94. The molecule has 0 saturated carbocycles. The van der Waals surface area contributed by atoms with Gasteiger partial charge in [-0.15, -0.1) is 0 Å². The smallest absolute Gasteiger partial charge is 0.319 e. The molecule has 3 amide bonds. The lowest BCUT2D eigenvalue weighted by Gasteiger charge is -2.18. The summed E-state index contributed by atoms with van der Waals surface area (Å²) in [4.78, 5) is 27.3. The van der Waals surface area contributed by atoms with E-state index in [-0.39, 0.29) is 11.9 Å². The molecule has 0 radical (unpaired) electrons. The van der Waals surface area contributed by atoms with Gasteiger partial charge in [-0.3, -0.25) is 4.79 Å². The van der Waals surface area contributed by atoms with Gasteiger partial charge in [0.05, 0.1) is 12.8 Å². The molecule has 1 aliphatic heterocycles. The van der Waals surface area contributed by atoms with Gasteiger partial charge in [-0.1, -0.05) is 35.9 Å². The number of nitrogens with zero attached hydrogens (tertiary/aromatic N) is 1. The Morgan fingerprint density at radius 2 is 1.81 bits per heavy atom. The summed E-state index contributed by atoms with van der Waals surface area (Å²) in [7, 11) is 1.57. The van der Waals surface area contributed by atoms with Crippen molar-refractivity contribution in [1.29, 1.82) is 0 Å². The molecule has 0 bridgehead atoms. The third kappa shape index (κ3) is 4.59. The van der Waals surface area contributed by atoms with Gasteiger partial charge in [-0.05, 0) is 67.3 Å². The minimum atomic E-state index is -0.318. The summed E-state index contributed by atoms with van der Waals surface area (Å²) in [5.74, 6) is 0.607. The molecule has 6 heteroatoms. The molecule has 32 heavy (non-hydrogen) atoms. The number of methoxy groups -OCH3 is 1. The monoisotopic (exact) mass is 429 g/mol. The number of urea groups is 1. The third-order valence-electron chi connectivity index (χ3n) is 5.61. The lowest BCUT2D eigenvalue weighted by molar-refractivity contribution is 0.0989. The molecule has 6 nitrogen and oxygen atoms in total. The number of anilines is 2. The number of hydrogen-bond acceptors (Lipinski definition) is 3. The Kier molecular flexibility index (Phi) is 6.12. The van der Waals surface area contributed by atoms with Crippen molar-refractivity contribution in [2.45, 2.75) is 26.8 Å². The van der Waals surface area contributed by atoms with Crippen LogP contribution >= 0.6 is 0 Å². The lowest BCUT2D eigenvalue weighted by Crippen LogP contribution is -2.30. The summed E-state index contributed by atoms with van der Waals surface area (Å²) in [6.07, 6.45) is 0.828. The van der Waals surface area contributed by atoms with Gasteiger partial charge >= 0.3 is 6.03 Å². The van der Waals surface area contributed by atoms with Crippen LogP contribution in [0.1, 0.15) is 32.6 Å². The lowest BCUT2D eigenvalue weighted by atomic mass is 10.1. The van der Waals surface area contributed by atoms with Gasteiger partial charge in [0.1, 0.15) is 5.75 Å². The van der Waals surface area contributed by atoms with Crippen molar-refractivity contribution in [2.24, 2.45) is 0 Å². The van der Waals surface area contributed by atoms with Crippen molar-refractivity contribution in [1.82, 2.24) is 5.32 Å². The minimum Gasteiger partial charge on any atom is -0.495 e. The number of amides is 3. The fourth-order valence-electron chi connectivity index (χ4n) is 3.95. The van der Waals surface area contributed by atoms with Crippen LogP contribution in [0.15, 0.2) is 60.7 Å². The van der Waals surface area contributed by atoms with E-state index >= 15 is 0 Å². The first-order chi connectivity index (χ1) is 15.4. The van der Waals surface area contributed by atoms with E-state index < -0.39 is 0 Å². The van der Waals surface area contributed by atoms with Crippen molar-refractivity contribution in [3.05, 3.63) is 88.5 Å². The predicted molar refractivity (Wildman–Crippen MR) is 127 cm³/mol. The van der Waals surface area contributed by atoms with E-state index in [2.05, 4.69) is 10.6 Å². The molecule has 0 fully saturated rings. The standard InChI is InChI=1S/C26H27N3O3/c1-17-5-4-6-21(13-17)25(30)29-12-11-20-9-8-19(15-23(20)29)16-27-26(31)28-22-14-18(2)7-10-24(22)32-3/h4-10,13-15H,11-12,16H2,1-3H3,(H2,27,28,31). The molecule has 3 aromatic carbocycles. The molecular weight excluding hydrogens is 402 g/mol. The van der Waals surface area contributed by atoms with E-state index in [1.165, 1.54) is 0 Å². The topological polar surface area (TPSA) is 70.7 Å². The van der Waals surface area contributed by atoms with Crippen LogP contribution in [0.2, 0.25) is 0 Å². The van der Waals surface area contributed by atoms with Crippen molar-refractivity contribution in [2.75, 3.05) is 23.9 Å². The van der Waals surface area contributed by atoms with Crippen LogP contribution in [0, 0.1) is 13.8 Å². The van der Waals surface area contributed by atoms with E-state index in [4.69, 9.17) is 4.74 Å². The Labute approximate surface area is 188 Å². The fraction of sp³-hybridized carbons (Fsp3) is 0.231. The van der Waals surface area contributed by atoms with Gasteiger partial charge in [-0.25, -0.2) is 4.79 Å². The van der Waals surface area contributed by atoms with E-state index in [9.17, 15) is 9.59 Å². The van der Waals surface area contributed by atoms with Gasteiger partial charge in [0.15, 0.2) is 0 Å². The number of hydrogen-bond donors (Lipinski definition) is 2. The number of ether oxygens (including phenoxy) is 1. The Morgan fingerprint density at radius 1 is 1.00 bits per heavy atom. The van der Waals surface area contributed by atoms with E-state index in [1.807, 2.05) is 79.4 Å². The van der Waals surface area contributed by atoms with Crippen molar-refractivity contribution >= 4 is 23.3 Å². The first-order valence-corrected chi connectivity index (χ1v) is 10.6. The average Bonchev–Trinajstić information content (AvgIpc) is 3.20. The van der Waals surface area contributed by atoms with Gasteiger partial charge < -0.3 is 20.3 Å². The highest BCUT2D eigenvalue weighted by atomic mass is 16.5. The van der Waals surface area contributed by atoms with Crippen LogP contribution in [0.25, 0.3) is 0 Å². The quantitative estimate of drug-likeness (QED) is 0.610. The van der Waals surface area contributed by atoms with Crippen LogP contribution < -0.4 is 20.3 Å². The zero-order chi connectivity index (χ0) is 22.7. The number of nitrogens with one attached hydrogen (secondary N) is 2. The van der Waals surface area contributed by atoms with Crippen molar-refractivity contribution in [3.8, 4) is 5.75 Å². The number of carbonyl (C=O) groups excluding carboxylic acids is 2. The first kappa shape index (κ1) is 21.4. The summed E-state index contributed by atoms with van der Waals surface area (Å²) in [6, 6.07) is 19.0. The average molecular weight is 430 g/mol. The van der Waals surface area contributed by atoms with Crippen LogP contribution in [-0.2, 0) is 13.0 Å². The van der Waals surface area contributed by atoms with Gasteiger partial charge in [-0.2, -0.15) is 0 Å². The second-order valence-corrected chi connectivity index (χ2v) is 8.05. The van der Waals surface area contributed by atoms with Crippen molar-refractivity contribution in [3.63, 3.8) is 0 Å². The minimum absolute atomic E-state index is 0.00171. The number of fused-ring (bicyclic) bond motifs is 1. The molecule has 0 saturated heterocycles. The van der Waals surface area contributed by atoms with Gasteiger partial charge in [0.2, 0.25) is 0 Å². The van der Waals surface area contributed by atoms with Crippen LogP contribution in [0.4, 0.5) is 16.2 Å². The van der Waals surface area contributed by atoms with E-state index in [1.54, 1.807) is 7.11 Å². The first-order valence-electron chi connectivity index (χ1n) is 10.6. The second-order valence-electron chi connectivity index (χ2n) is 8.05. The summed E-state index contributed by atoms with van der Waals surface area (Å²) in [5, 5.41) is 5.72. The molecular formula is C26H27N3O3. The molecule has 164 valence electrons. The molecule has 0 aliphatic carbocycles. The Bertz CT molecular complexity index is 1170. The molecule has 3 aromatic rings. The molecule has 0 aromatic heterocycles. The normalized spacial score (nSPS) is 12.3. The maximum absolute atomic E-state index is 13.1. The van der Waals surface area contributed by atoms with Crippen LogP contribution in [0.3, 0.4) is 0 Å². The van der Waals surface area contributed by atoms with Gasteiger partial charge in [0, 0.05) is 24.3 Å². The molecule has 1 aliphatic rings. The van der Waals surface area contributed by atoms with Crippen molar-refractivity contribution < 1.29 is 14.3 Å². The summed E-state index contributed by atoms with van der Waals surface area (Å²) >= 11 is 0. The summed E-state index contributed by atoms with van der Waals surface area (Å²) < 4.78 is 5.31. The Hall–Kier alpha value is -3.80. The predicted octanol–water partition coefficient (Wildman–Crippen LogP) is 4.84. The number of aryl methyl sites for hydroxylation is 2. The number of benzene rings is 3. The molecule has 0 spiro atoms. The Morgan fingerprint density at radius 3 is 2.59 bits per heavy atom. The highest BCUT2D eigenvalue weighted by molar-refractivity contribution is 6.07. The number of rotatable bonds is 5. The molecule has 4 rings (SSSR count). The Balaban J connectivity index is 1.44. The largest absolute Gasteiger partial charge is 0.495 e. The SMILES string of the molecule is COc1ccc(C)cc1NC(=O)NCc1ccc2c(c1)N(C(=O)c1cccc(C)c1)CC2. The zero-order valence-corrected chi connectivity index (χ0v) is 18.6. The highest BCUT2D eigenvalue weighted by Crippen LogP contribution is 2.31. The molecule has 0 atom stereocenters. The van der Waals surface area contributed by atoms with E-state index in [0.717, 1.165) is 34.4 Å². The maximum atomic E-state index is 13.1. The third-order valence-corrected chi connectivity index (χ3v) is 5.61. The fourth-order valence-corrected chi connectivity index (χ4v) is 3.95. The van der Waals surface area contributed by atoms with Crippen LogP contribution in [0.5, 0.6) is 5.75 Å². The summed E-state index contributed by atoms with van der Waals surface area (Å²) in [5.41, 5.74) is 6.38. The molecule has 0 unspecified atom stereocenters. The zero-order valence-electron chi connectivity index (χ0n) is 18.6. The molecule has 1 heterocycles. The van der Waals surface area contributed by atoms with E-state index in [0.29, 0.717) is 30.1 Å².